The summed E-state index contributed by atoms with van der Waals surface area (Å²) in [4.78, 5) is 23.1. The molecule has 16 heavy (non-hydrogen) atoms. The minimum Gasteiger partial charge on any atom is -0.480 e. The number of hydrogen-bond acceptors (Lipinski definition) is 2. The molecule has 0 aromatic rings. The standard InChI is InChI=1S/C9H12F3NO3/c10-9(11,12)4-3-7(14)13-5-1-2-6(13)8(15)16/h6H,1-5H2,(H,15,16)/t6-/m1/s1. The average molecular weight is 239 g/mol. The molecule has 4 nitrogen and oxygen atoms in total. The number of nitrogens with zero attached hydrogens (tertiary/aromatic N) is 1. The zero-order chi connectivity index (χ0) is 12.3. The number of carboxylic acids is 1. The lowest BCUT2D eigenvalue weighted by molar-refractivity contribution is -0.154. The first-order chi connectivity index (χ1) is 7.31. The largest absolute Gasteiger partial charge is 0.480 e. The molecule has 0 spiro atoms. The highest BCUT2D eigenvalue weighted by Gasteiger charge is 2.35. The summed E-state index contributed by atoms with van der Waals surface area (Å²) in [7, 11) is 0. The Morgan fingerprint density at radius 2 is 2.00 bits per heavy atom. The van der Waals surface area contributed by atoms with E-state index in [0.29, 0.717) is 12.8 Å². The third-order valence-electron chi connectivity index (χ3n) is 2.48. The number of carboxylic acid groups (broad SMARTS) is 1. The minimum absolute atomic E-state index is 0.230. The normalized spacial score (nSPS) is 21.2. The van der Waals surface area contributed by atoms with E-state index in [0.717, 1.165) is 4.90 Å². The topological polar surface area (TPSA) is 57.6 Å². The predicted molar refractivity (Wildman–Crippen MR) is 47.7 cm³/mol. The van der Waals surface area contributed by atoms with Crippen LogP contribution in [0.15, 0.2) is 0 Å². The van der Waals surface area contributed by atoms with Gasteiger partial charge in [-0.3, -0.25) is 4.79 Å². The van der Waals surface area contributed by atoms with Crippen molar-refractivity contribution in [3.63, 3.8) is 0 Å². The summed E-state index contributed by atoms with van der Waals surface area (Å²) >= 11 is 0. The number of carbonyl (C=O) groups excluding carboxylic acids is 1. The van der Waals surface area contributed by atoms with E-state index < -0.39 is 36.9 Å². The van der Waals surface area contributed by atoms with Gasteiger partial charge in [0.25, 0.3) is 0 Å². The Morgan fingerprint density at radius 1 is 1.38 bits per heavy atom. The smallest absolute Gasteiger partial charge is 0.389 e. The number of amides is 1. The lowest BCUT2D eigenvalue weighted by atomic mass is 10.2. The summed E-state index contributed by atoms with van der Waals surface area (Å²) in [5, 5.41) is 8.74. The molecule has 0 aromatic carbocycles. The highest BCUT2D eigenvalue weighted by Crippen LogP contribution is 2.24. The molecule has 1 atom stereocenters. The molecule has 1 amide bonds. The predicted octanol–water partition coefficient (Wildman–Crippen LogP) is 1.40. The lowest BCUT2D eigenvalue weighted by Crippen LogP contribution is -2.40. The Kier molecular flexibility index (Phi) is 3.77. The maximum absolute atomic E-state index is 11.9. The van der Waals surface area contributed by atoms with Crippen molar-refractivity contribution in [3.05, 3.63) is 0 Å². The fourth-order valence-electron chi connectivity index (χ4n) is 1.71. The summed E-state index contributed by atoms with van der Waals surface area (Å²) in [5.41, 5.74) is 0. The number of aliphatic carboxylic acids is 1. The van der Waals surface area contributed by atoms with Gasteiger partial charge in [-0.05, 0) is 12.8 Å². The number of rotatable bonds is 3. The molecule has 1 heterocycles. The van der Waals surface area contributed by atoms with E-state index in [2.05, 4.69) is 0 Å². The van der Waals surface area contributed by atoms with E-state index in [-0.39, 0.29) is 6.54 Å². The van der Waals surface area contributed by atoms with Crippen LogP contribution < -0.4 is 0 Å². The molecule has 1 rings (SSSR count). The molecule has 0 saturated carbocycles. The molecule has 0 bridgehead atoms. The first kappa shape index (κ1) is 12.8. The molecule has 92 valence electrons. The molecular formula is C9H12F3NO3. The van der Waals surface area contributed by atoms with Crippen molar-refractivity contribution in [2.24, 2.45) is 0 Å². The Morgan fingerprint density at radius 3 is 2.50 bits per heavy atom. The van der Waals surface area contributed by atoms with Crippen LogP contribution in [0.2, 0.25) is 0 Å². The van der Waals surface area contributed by atoms with Crippen molar-refractivity contribution in [1.29, 1.82) is 0 Å². The van der Waals surface area contributed by atoms with E-state index in [1.54, 1.807) is 0 Å². The molecule has 1 aliphatic rings. The van der Waals surface area contributed by atoms with Crippen molar-refractivity contribution in [2.45, 2.75) is 37.9 Å². The maximum atomic E-state index is 11.9. The maximum Gasteiger partial charge on any atom is 0.389 e. The quantitative estimate of drug-likeness (QED) is 0.810. The summed E-state index contributed by atoms with van der Waals surface area (Å²) in [5.74, 6) is -1.89. The van der Waals surface area contributed by atoms with E-state index in [1.165, 1.54) is 0 Å². The average Bonchev–Trinajstić information content (AvgIpc) is 2.61. The van der Waals surface area contributed by atoms with Gasteiger partial charge in [0, 0.05) is 13.0 Å². The Bertz CT molecular complexity index is 290. The van der Waals surface area contributed by atoms with Gasteiger partial charge < -0.3 is 10.0 Å². The third kappa shape index (κ3) is 3.39. The van der Waals surface area contributed by atoms with Gasteiger partial charge in [-0.15, -0.1) is 0 Å². The van der Waals surface area contributed by atoms with Gasteiger partial charge in [-0.1, -0.05) is 0 Å². The van der Waals surface area contributed by atoms with Gasteiger partial charge in [-0.2, -0.15) is 13.2 Å². The van der Waals surface area contributed by atoms with E-state index in [4.69, 9.17) is 5.11 Å². The van der Waals surface area contributed by atoms with Crippen LogP contribution in [0, 0.1) is 0 Å². The molecular weight excluding hydrogens is 227 g/mol. The third-order valence-corrected chi connectivity index (χ3v) is 2.48. The first-order valence-electron chi connectivity index (χ1n) is 4.90. The SMILES string of the molecule is O=C(O)[C@H]1CCCN1C(=O)CCC(F)(F)F. The van der Waals surface area contributed by atoms with Crippen LogP contribution >= 0.6 is 0 Å². The van der Waals surface area contributed by atoms with Crippen LogP contribution in [0.4, 0.5) is 13.2 Å². The van der Waals surface area contributed by atoms with Gasteiger partial charge in [0.2, 0.25) is 5.91 Å². The molecule has 0 radical (unpaired) electrons. The second-order valence-electron chi connectivity index (χ2n) is 3.70. The highest BCUT2D eigenvalue weighted by atomic mass is 19.4. The van der Waals surface area contributed by atoms with E-state index in [1.807, 2.05) is 0 Å². The molecule has 1 fully saturated rings. The van der Waals surface area contributed by atoms with Crippen molar-refractivity contribution in [2.75, 3.05) is 6.54 Å². The van der Waals surface area contributed by atoms with Gasteiger partial charge in [0.1, 0.15) is 6.04 Å². The Balaban J connectivity index is 2.50. The molecule has 1 aliphatic heterocycles. The monoisotopic (exact) mass is 239 g/mol. The molecule has 1 saturated heterocycles. The number of likely N-dealkylation sites (tertiary alicyclic amines) is 1. The van der Waals surface area contributed by atoms with Crippen LogP contribution in [-0.2, 0) is 9.59 Å². The van der Waals surface area contributed by atoms with Crippen molar-refractivity contribution < 1.29 is 27.9 Å². The van der Waals surface area contributed by atoms with Crippen LogP contribution in [0.1, 0.15) is 25.7 Å². The number of halogens is 3. The first-order valence-corrected chi connectivity index (χ1v) is 4.90. The van der Waals surface area contributed by atoms with Crippen molar-refractivity contribution in [3.8, 4) is 0 Å². The fourth-order valence-corrected chi connectivity index (χ4v) is 1.71. The minimum atomic E-state index is -4.38. The Labute approximate surface area is 90.0 Å². The summed E-state index contributed by atoms with van der Waals surface area (Å²) in [6.45, 7) is 0.230. The molecule has 0 unspecified atom stereocenters. The van der Waals surface area contributed by atoms with Crippen LogP contribution in [0.25, 0.3) is 0 Å². The lowest BCUT2D eigenvalue weighted by Gasteiger charge is -2.21. The summed E-state index contributed by atoms with van der Waals surface area (Å²) in [6.07, 6.45) is -5.42. The number of carbonyl (C=O) groups is 2. The zero-order valence-electron chi connectivity index (χ0n) is 8.46. The zero-order valence-corrected chi connectivity index (χ0v) is 8.46. The summed E-state index contributed by atoms with van der Waals surface area (Å²) < 4.78 is 35.6. The summed E-state index contributed by atoms with van der Waals surface area (Å²) in [6, 6.07) is -0.958. The number of hydrogen-bond donors (Lipinski definition) is 1. The molecule has 7 heteroatoms. The van der Waals surface area contributed by atoms with Gasteiger partial charge >= 0.3 is 12.1 Å². The highest BCUT2D eigenvalue weighted by molar-refractivity contribution is 5.84. The second kappa shape index (κ2) is 4.71. The van der Waals surface area contributed by atoms with Crippen LogP contribution in [0.5, 0.6) is 0 Å². The molecule has 1 N–H and O–H groups in total. The van der Waals surface area contributed by atoms with Crippen LogP contribution in [0.3, 0.4) is 0 Å². The second-order valence-corrected chi connectivity index (χ2v) is 3.70. The van der Waals surface area contributed by atoms with E-state index in [9.17, 15) is 22.8 Å². The Hall–Kier alpha value is -1.27. The van der Waals surface area contributed by atoms with Crippen LogP contribution in [-0.4, -0.2) is 40.6 Å². The van der Waals surface area contributed by atoms with Gasteiger partial charge in [-0.25, -0.2) is 4.79 Å². The van der Waals surface area contributed by atoms with Gasteiger partial charge in [0.15, 0.2) is 0 Å². The molecule has 0 aliphatic carbocycles. The number of alkyl halides is 3. The fraction of sp³-hybridized carbons (Fsp3) is 0.778. The van der Waals surface area contributed by atoms with Crippen molar-refractivity contribution >= 4 is 11.9 Å². The molecule has 0 aromatic heterocycles. The van der Waals surface area contributed by atoms with E-state index >= 15 is 0 Å². The van der Waals surface area contributed by atoms with Gasteiger partial charge in [0.05, 0.1) is 6.42 Å². The van der Waals surface area contributed by atoms with Crippen molar-refractivity contribution in [1.82, 2.24) is 4.90 Å².